The quantitative estimate of drug-likeness (QED) is 0.268. The minimum atomic E-state index is -3.50. The van der Waals surface area contributed by atoms with E-state index in [1.165, 1.54) is 0 Å². The van der Waals surface area contributed by atoms with Crippen LogP contribution in [0, 0.1) is 0 Å². The number of aliphatic hydroxyl groups is 4. The summed E-state index contributed by atoms with van der Waals surface area (Å²) in [6.45, 7) is 0. The van der Waals surface area contributed by atoms with E-state index in [4.69, 9.17) is 20.4 Å². The Hall–Kier alpha value is -0.160. The summed E-state index contributed by atoms with van der Waals surface area (Å²) in [6.07, 6.45) is -3.50. The summed E-state index contributed by atoms with van der Waals surface area (Å²) in [6, 6.07) is 0. The molecule has 0 aromatic rings. The van der Waals surface area contributed by atoms with E-state index in [9.17, 15) is 0 Å². The summed E-state index contributed by atoms with van der Waals surface area (Å²) in [5, 5.41) is 28.8. The average Bonchev–Trinajstić information content (AvgIpc) is 0.722. The van der Waals surface area contributed by atoms with Crippen LogP contribution >= 0.6 is 0 Å². The highest BCUT2D eigenvalue weighted by atomic mass is 16.8. The zero-order valence-electron chi connectivity index (χ0n) is 2.29. The van der Waals surface area contributed by atoms with Crippen molar-refractivity contribution in [3.8, 4) is 0 Å². The fourth-order valence-electron chi connectivity index (χ4n) is 0. The molecule has 0 radical (unpaired) electrons. The molecule has 0 atom stereocenters. The maximum atomic E-state index is 7.19. The molecule has 0 aliphatic rings. The lowest BCUT2D eigenvalue weighted by atomic mass is 11.2. The van der Waals surface area contributed by atoms with Crippen molar-refractivity contribution >= 4 is 0 Å². The van der Waals surface area contributed by atoms with Crippen LogP contribution in [0.2, 0.25) is 0 Å². The van der Waals surface area contributed by atoms with Gasteiger partial charge in [0.15, 0.2) is 0 Å². The molecule has 0 heterocycles. The van der Waals surface area contributed by atoms with Crippen LogP contribution in [0.25, 0.3) is 0 Å². The first-order valence-electron chi connectivity index (χ1n) is 0.894. The molecular weight excluding hydrogens is 88.0 g/mol. The van der Waals surface area contributed by atoms with E-state index in [0.29, 0.717) is 0 Å². The van der Waals surface area contributed by atoms with Crippen LogP contribution in [-0.2, 0) is 0 Å². The molecule has 0 spiro atoms. The fourth-order valence-corrected chi connectivity index (χ4v) is 0. The molecule has 0 rings (SSSR count). The highest BCUT2D eigenvalue weighted by Crippen LogP contribution is 1.75. The average molecular weight is 96.1 g/mol. The van der Waals surface area contributed by atoms with E-state index in [1.807, 2.05) is 0 Å². The van der Waals surface area contributed by atoms with Gasteiger partial charge in [-0.3, -0.25) is 0 Å². The van der Waals surface area contributed by atoms with E-state index >= 15 is 0 Å². The second-order valence-electron chi connectivity index (χ2n) is 0.600. The molecule has 6 heavy (non-hydrogen) atoms. The van der Waals surface area contributed by atoms with Crippen LogP contribution in [-0.4, -0.2) is 26.6 Å². The van der Waals surface area contributed by atoms with E-state index in [2.05, 4.69) is 0 Å². The fraction of sp³-hybridized carbons (Fsp3) is 1.00. The van der Waals surface area contributed by atoms with Crippen molar-refractivity contribution in [1.29, 1.82) is 0 Å². The minimum absolute atomic E-state index is 0. The summed E-state index contributed by atoms with van der Waals surface area (Å²) in [4.78, 5) is 0. The van der Waals surface area contributed by atoms with Crippen molar-refractivity contribution in [1.82, 2.24) is 0 Å². The predicted molar refractivity (Wildman–Crippen MR) is 18.3 cm³/mol. The SMILES string of the molecule is C.OC(O)(O)O. The van der Waals surface area contributed by atoms with Crippen molar-refractivity contribution in [3.63, 3.8) is 0 Å². The molecule has 40 valence electrons. The van der Waals surface area contributed by atoms with Gasteiger partial charge in [0.2, 0.25) is 0 Å². The molecule has 4 heteroatoms. The van der Waals surface area contributed by atoms with Gasteiger partial charge >= 0.3 is 6.16 Å². The third kappa shape index (κ3) is 1210. The molecule has 4 nitrogen and oxygen atoms in total. The maximum Gasteiger partial charge on any atom is 0.402 e. The van der Waals surface area contributed by atoms with Crippen molar-refractivity contribution in [2.45, 2.75) is 13.6 Å². The van der Waals surface area contributed by atoms with Gasteiger partial charge in [0.1, 0.15) is 0 Å². The molecule has 0 amide bonds. The molecule has 0 unspecified atom stereocenters. The first kappa shape index (κ1) is 9.28. The first-order chi connectivity index (χ1) is 2.00. The van der Waals surface area contributed by atoms with Gasteiger partial charge in [-0.2, -0.15) is 0 Å². The first-order valence-corrected chi connectivity index (χ1v) is 0.894. The highest BCUT2D eigenvalue weighted by molar-refractivity contribution is 3.99. The van der Waals surface area contributed by atoms with Crippen LogP contribution in [0.3, 0.4) is 0 Å². The summed E-state index contributed by atoms with van der Waals surface area (Å²) in [5.74, 6) is 0. The third-order valence-electron chi connectivity index (χ3n) is 0. The van der Waals surface area contributed by atoms with Crippen LogP contribution in [0.1, 0.15) is 7.43 Å². The number of rotatable bonds is 0. The van der Waals surface area contributed by atoms with E-state index < -0.39 is 6.16 Å². The van der Waals surface area contributed by atoms with Crippen molar-refractivity contribution in [2.75, 3.05) is 0 Å². The third-order valence-corrected chi connectivity index (χ3v) is 0. The van der Waals surface area contributed by atoms with Gasteiger partial charge in [-0.25, -0.2) is 0 Å². The Morgan fingerprint density at radius 3 is 0.833 bits per heavy atom. The molecule has 0 fully saturated rings. The molecule has 0 aromatic carbocycles. The van der Waals surface area contributed by atoms with Crippen LogP contribution < -0.4 is 0 Å². The second kappa shape index (κ2) is 2.09. The van der Waals surface area contributed by atoms with Gasteiger partial charge < -0.3 is 20.4 Å². The van der Waals surface area contributed by atoms with Crippen LogP contribution in [0.5, 0.6) is 0 Å². The smallest absolute Gasteiger partial charge is 0.319 e. The normalized spacial score (nSPS) is 10.0. The minimum Gasteiger partial charge on any atom is -0.319 e. The lowest BCUT2D eigenvalue weighted by Gasteiger charge is -1.99. The predicted octanol–water partition coefficient (Wildman–Crippen LogP) is -1.80. The van der Waals surface area contributed by atoms with Gasteiger partial charge in [0, 0.05) is 0 Å². The molecule has 4 N–H and O–H groups in total. The van der Waals surface area contributed by atoms with Crippen molar-refractivity contribution in [2.24, 2.45) is 0 Å². The Morgan fingerprint density at radius 2 is 0.833 bits per heavy atom. The molecule has 0 aliphatic carbocycles. The van der Waals surface area contributed by atoms with Gasteiger partial charge in [-0.1, -0.05) is 7.43 Å². The van der Waals surface area contributed by atoms with E-state index in [1.54, 1.807) is 0 Å². The Morgan fingerprint density at radius 1 is 0.833 bits per heavy atom. The van der Waals surface area contributed by atoms with Gasteiger partial charge in [-0.05, 0) is 0 Å². The van der Waals surface area contributed by atoms with Gasteiger partial charge in [-0.15, -0.1) is 0 Å². The van der Waals surface area contributed by atoms with Gasteiger partial charge in [0.25, 0.3) is 0 Å². The maximum absolute atomic E-state index is 7.19. The monoisotopic (exact) mass is 96.0 g/mol. The van der Waals surface area contributed by atoms with E-state index in [-0.39, 0.29) is 7.43 Å². The highest BCUT2D eigenvalue weighted by Gasteiger charge is 2.07. The second-order valence-corrected chi connectivity index (χ2v) is 0.600. The van der Waals surface area contributed by atoms with Crippen LogP contribution in [0.4, 0.5) is 0 Å². The Balaban J connectivity index is 0. The summed E-state index contributed by atoms with van der Waals surface area (Å²) >= 11 is 0. The standard InChI is InChI=1S/CH4O4.CH4/c2-1(3,4)5;/h2-5H;1H4. The Kier molecular flexibility index (Phi) is 3.24. The molecular formula is C2H8O4. The van der Waals surface area contributed by atoms with Gasteiger partial charge in [0.05, 0.1) is 0 Å². The molecule has 0 aromatic heterocycles. The Bertz CT molecular complexity index is 21.0. The molecule has 0 saturated heterocycles. The lowest BCUT2D eigenvalue weighted by molar-refractivity contribution is -0.436. The zero-order valence-corrected chi connectivity index (χ0v) is 2.29. The lowest BCUT2D eigenvalue weighted by Crippen LogP contribution is -2.25. The zero-order chi connectivity index (χ0) is 4.50. The summed E-state index contributed by atoms with van der Waals surface area (Å²) in [5.41, 5.74) is 0. The van der Waals surface area contributed by atoms with Crippen molar-refractivity contribution < 1.29 is 20.4 Å². The topological polar surface area (TPSA) is 80.9 Å². The number of hydrogen-bond acceptors (Lipinski definition) is 4. The van der Waals surface area contributed by atoms with E-state index in [0.717, 1.165) is 0 Å². The number of hydrogen-bond donors (Lipinski definition) is 4. The van der Waals surface area contributed by atoms with Crippen LogP contribution in [0.15, 0.2) is 0 Å². The summed E-state index contributed by atoms with van der Waals surface area (Å²) < 4.78 is 0. The Labute approximate surface area is 35.3 Å². The molecule has 0 saturated carbocycles. The molecule has 0 bridgehead atoms. The summed E-state index contributed by atoms with van der Waals surface area (Å²) in [7, 11) is 0. The molecule has 0 aliphatic heterocycles. The van der Waals surface area contributed by atoms with Crippen molar-refractivity contribution in [3.05, 3.63) is 0 Å². The largest absolute Gasteiger partial charge is 0.402 e.